The molecular formula is C32H32N4O4. The Balaban J connectivity index is 0.985. The lowest BCUT2D eigenvalue weighted by Crippen LogP contribution is -2.49. The fourth-order valence-corrected chi connectivity index (χ4v) is 7.19. The molecular weight excluding hydrogens is 504 g/mol. The summed E-state index contributed by atoms with van der Waals surface area (Å²) in [5.74, 6) is 0.582. The topological polar surface area (TPSA) is 82.9 Å². The number of hydrogen-bond acceptors (Lipinski definition) is 4. The van der Waals surface area contributed by atoms with Crippen molar-refractivity contribution in [3.63, 3.8) is 0 Å². The molecule has 4 aliphatic rings. The molecule has 4 aliphatic heterocycles. The minimum Gasteiger partial charge on any atom is -0.342 e. The Bertz CT molecular complexity index is 1580. The zero-order chi connectivity index (χ0) is 27.4. The predicted molar refractivity (Wildman–Crippen MR) is 150 cm³/mol. The maximum Gasteiger partial charge on any atom is 0.260 e. The average Bonchev–Trinajstić information content (AvgIpc) is 3.27. The molecule has 7 rings (SSSR count). The lowest BCUT2D eigenvalue weighted by atomic mass is 9.83. The van der Waals surface area contributed by atoms with Crippen LogP contribution in [0.25, 0.3) is 0 Å². The van der Waals surface area contributed by atoms with Gasteiger partial charge < -0.3 is 14.4 Å². The highest BCUT2D eigenvalue weighted by molar-refractivity contribution is 6.16. The van der Waals surface area contributed by atoms with Crippen molar-refractivity contribution in [2.45, 2.75) is 50.7 Å². The van der Waals surface area contributed by atoms with Gasteiger partial charge in [-0.15, -0.1) is 0 Å². The van der Waals surface area contributed by atoms with Gasteiger partial charge in [0.15, 0.2) is 0 Å². The van der Waals surface area contributed by atoms with E-state index in [0.29, 0.717) is 55.3 Å². The SMILES string of the molecule is O=C(CCCCCN1C(=O)c2ccccc2N2C(=O)c3ccccc3[C@H]12)N1C[C@@H]2C[C@H](C1)c1cccc(=O)n1C2. The van der Waals surface area contributed by atoms with E-state index < -0.39 is 6.17 Å². The van der Waals surface area contributed by atoms with E-state index in [1.54, 1.807) is 17.0 Å². The van der Waals surface area contributed by atoms with Crippen molar-refractivity contribution in [1.29, 1.82) is 0 Å². The highest BCUT2D eigenvalue weighted by atomic mass is 16.2. The van der Waals surface area contributed by atoms with Crippen LogP contribution in [-0.4, -0.2) is 51.7 Å². The number of fused-ring (bicyclic) bond motifs is 9. The summed E-state index contributed by atoms with van der Waals surface area (Å²) in [7, 11) is 0. The molecule has 2 aromatic carbocycles. The maximum absolute atomic E-state index is 13.6. The molecule has 0 aliphatic carbocycles. The number of carbonyl (C=O) groups excluding carboxylic acids is 3. The molecule has 5 heterocycles. The van der Waals surface area contributed by atoms with Crippen LogP contribution in [0.3, 0.4) is 0 Å². The van der Waals surface area contributed by atoms with Gasteiger partial charge in [0.25, 0.3) is 17.4 Å². The first-order valence-corrected chi connectivity index (χ1v) is 14.3. The molecule has 0 N–H and O–H groups in total. The number of anilines is 1. The van der Waals surface area contributed by atoms with Crippen LogP contribution in [0.1, 0.15) is 76.2 Å². The Kier molecular flexibility index (Phi) is 6.06. The van der Waals surface area contributed by atoms with Gasteiger partial charge in [-0.2, -0.15) is 0 Å². The van der Waals surface area contributed by atoms with Gasteiger partial charge in [-0.1, -0.05) is 42.8 Å². The molecule has 0 saturated carbocycles. The molecule has 3 atom stereocenters. The van der Waals surface area contributed by atoms with Crippen LogP contribution >= 0.6 is 0 Å². The Hall–Kier alpha value is -4.20. The maximum atomic E-state index is 13.6. The summed E-state index contributed by atoms with van der Waals surface area (Å²) in [5.41, 5.74) is 3.83. The smallest absolute Gasteiger partial charge is 0.260 e. The number of benzene rings is 2. The number of amides is 3. The first-order chi connectivity index (χ1) is 19.5. The zero-order valence-electron chi connectivity index (χ0n) is 22.4. The summed E-state index contributed by atoms with van der Waals surface area (Å²) in [6.45, 7) is 2.59. The summed E-state index contributed by atoms with van der Waals surface area (Å²) in [6, 6.07) is 20.3. The number of carbonyl (C=O) groups is 3. The van der Waals surface area contributed by atoms with Crippen LogP contribution in [0.2, 0.25) is 0 Å². The van der Waals surface area contributed by atoms with Crippen molar-refractivity contribution in [2.24, 2.45) is 5.92 Å². The van der Waals surface area contributed by atoms with Gasteiger partial charge in [0.2, 0.25) is 5.91 Å². The van der Waals surface area contributed by atoms with Crippen molar-refractivity contribution < 1.29 is 14.4 Å². The lowest BCUT2D eigenvalue weighted by Gasteiger charge is -2.42. The summed E-state index contributed by atoms with van der Waals surface area (Å²) in [5, 5.41) is 0. The number of pyridine rings is 1. The number of rotatable bonds is 6. The molecule has 1 saturated heterocycles. The fourth-order valence-electron chi connectivity index (χ4n) is 7.19. The number of unbranched alkanes of at least 4 members (excludes halogenated alkanes) is 2. The van der Waals surface area contributed by atoms with E-state index in [0.717, 1.165) is 36.9 Å². The van der Waals surface area contributed by atoms with Crippen molar-refractivity contribution >= 4 is 23.4 Å². The number of hydrogen-bond donors (Lipinski definition) is 0. The van der Waals surface area contributed by atoms with Gasteiger partial charge in [-0.3, -0.25) is 24.1 Å². The van der Waals surface area contributed by atoms with Crippen molar-refractivity contribution in [3.8, 4) is 0 Å². The number of piperidine rings is 1. The Morgan fingerprint density at radius 2 is 1.57 bits per heavy atom. The number of para-hydroxylation sites is 1. The molecule has 0 spiro atoms. The van der Waals surface area contributed by atoms with Crippen LogP contribution < -0.4 is 10.5 Å². The van der Waals surface area contributed by atoms with E-state index in [4.69, 9.17) is 0 Å². The monoisotopic (exact) mass is 536 g/mol. The number of likely N-dealkylation sites (tertiary alicyclic amines) is 1. The van der Waals surface area contributed by atoms with Gasteiger partial charge in [-0.05, 0) is 49.4 Å². The van der Waals surface area contributed by atoms with Crippen molar-refractivity contribution in [1.82, 2.24) is 14.4 Å². The van der Waals surface area contributed by atoms with Gasteiger partial charge in [0.05, 0.1) is 11.3 Å². The summed E-state index contributed by atoms with van der Waals surface area (Å²) < 4.78 is 1.89. The van der Waals surface area contributed by atoms with Gasteiger partial charge in [0, 0.05) is 61.4 Å². The van der Waals surface area contributed by atoms with Crippen LogP contribution in [0.15, 0.2) is 71.5 Å². The van der Waals surface area contributed by atoms with E-state index in [1.165, 1.54) is 0 Å². The van der Waals surface area contributed by atoms with Crippen molar-refractivity contribution in [3.05, 3.63) is 99.5 Å². The molecule has 204 valence electrons. The molecule has 8 nitrogen and oxygen atoms in total. The second kappa shape index (κ2) is 9.77. The number of nitrogens with zero attached hydrogens (tertiary/aromatic N) is 4. The third-order valence-corrected chi connectivity index (χ3v) is 9.00. The quantitative estimate of drug-likeness (QED) is 0.443. The molecule has 40 heavy (non-hydrogen) atoms. The van der Waals surface area contributed by atoms with Gasteiger partial charge >= 0.3 is 0 Å². The fraction of sp³-hybridized carbons (Fsp3) is 0.375. The summed E-state index contributed by atoms with van der Waals surface area (Å²) in [4.78, 5) is 57.9. The first-order valence-electron chi connectivity index (χ1n) is 14.3. The molecule has 8 heteroatoms. The van der Waals surface area contributed by atoms with E-state index >= 15 is 0 Å². The average molecular weight is 537 g/mol. The van der Waals surface area contributed by atoms with Crippen molar-refractivity contribution in [2.75, 3.05) is 24.5 Å². The minimum atomic E-state index is -0.434. The number of aromatic nitrogens is 1. The molecule has 1 aromatic heterocycles. The largest absolute Gasteiger partial charge is 0.342 e. The second-order valence-corrected chi connectivity index (χ2v) is 11.5. The van der Waals surface area contributed by atoms with E-state index in [1.807, 2.05) is 69.0 Å². The molecule has 3 aromatic rings. The summed E-state index contributed by atoms with van der Waals surface area (Å²) in [6.07, 6.45) is 3.40. The third-order valence-electron chi connectivity index (χ3n) is 9.00. The molecule has 2 bridgehead atoms. The highest BCUT2D eigenvalue weighted by Gasteiger charge is 2.47. The molecule has 3 amide bonds. The van der Waals surface area contributed by atoms with Gasteiger partial charge in [0.1, 0.15) is 6.17 Å². The Morgan fingerprint density at radius 1 is 0.775 bits per heavy atom. The molecule has 0 unspecified atom stereocenters. The Morgan fingerprint density at radius 3 is 2.45 bits per heavy atom. The highest BCUT2D eigenvalue weighted by Crippen LogP contribution is 2.45. The Labute approximate surface area is 232 Å². The van der Waals surface area contributed by atoms with E-state index in [-0.39, 0.29) is 29.2 Å². The van der Waals surface area contributed by atoms with E-state index in [9.17, 15) is 19.2 Å². The summed E-state index contributed by atoms with van der Waals surface area (Å²) >= 11 is 0. The third kappa shape index (κ3) is 3.96. The molecule has 1 fully saturated rings. The van der Waals surface area contributed by atoms with Gasteiger partial charge in [-0.25, -0.2) is 0 Å². The van der Waals surface area contributed by atoms with E-state index in [2.05, 4.69) is 0 Å². The lowest BCUT2D eigenvalue weighted by molar-refractivity contribution is -0.134. The second-order valence-electron chi connectivity index (χ2n) is 11.5. The van der Waals surface area contributed by atoms with Crippen LogP contribution in [0, 0.1) is 5.92 Å². The van der Waals surface area contributed by atoms with Crippen LogP contribution in [-0.2, 0) is 11.3 Å². The van der Waals surface area contributed by atoms with Crippen LogP contribution in [0.4, 0.5) is 5.69 Å². The minimum absolute atomic E-state index is 0.0521. The normalized spacial score (nSPS) is 22.5. The first kappa shape index (κ1) is 24.8. The van der Waals surface area contributed by atoms with Crippen LogP contribution in [0.5, 0.6) is 0 Å². The standard InChI is InChI=1S/C32H32N4O4/c37-28(33-18-21-17-22(20-33)26-13-8-15-29(38)35(26)19-21)14-2-1-7-16-34-30-23-9-3-4-10-24(23)32(40)36(30)27-12-6-5-11-25(27)31(34)39/h3-6,8-13,15,21-22,30H,1-2,7,14,16-20H2/t21-,22+,30+/m0/s1. The zero-order valence-corrected chi connectivity index (χ0v) is 22.4. The molecule has 0 radical (unpaired) electrons. The predicted octanol–water partition coefficient (Wildman–Crippen LogP) is 4.17.